The van der Waals surface area contributed by atoms with Crippen LogP contribution in [0.1, 0.15) is 26.3 Å². The van der Waals surface area contributed by atoms with Crippen molar-refractivity contribution in [2.24, 2.45) is 0 Å². The lowest BCUT2D eigenvalue weighted by Gasteiger charge is -2.29. The molecule has 9 nitrogen and oxygen atoms in total. The van der Waals surface area contributed by atoms with Gasteiger partial charge in [0.2, 0.25) is 5.91 Å². The molecule has 182 valence electrons. The number of benzene rings is 3. The molecule has 9 heteroatoms. The van der Waals surface area contributed by atoms with Crippen LogP contribution >= 0.6 is 0 Å². The molecule has 5 rings (SSSR count). The summed E-state index contributed by atoms with van der Waals surface area (Å²) in [5, 5.41) is 2.69. The van der Waals surface area contributed by atoms with Crippen LogP contribution in [-0.2, 0) is 9.59 Å². The second kappa shape index (κ2) is 9.53. The van der Waals surface area contributed by atoms with Gasteiger partial charge in [-0.3, -0.25) is 24.1 Å². The Labute approximate surface area is 207 Å². The highest BCUT2D eigenvalue weighted by Crippen LogP contribution is 2.34. The molecule has 4 amide bonds. The minimum atomic E-state index is -0.528. The quantitative estimate of drug-likeness (QED) is 0.516. The first-order valence-electron chi connectivity index (χ1n) is 11.4. The lowest BCUT2D eigenvalue weighted by Crippen LogP contribution is -2.41. The summed E-state index contributed by atoms with van der Waals surface area (Å²) in [4.78, 5) is 52.6. The fourth-order valence-electron chi connectivity index (χ4n) is 4.21. The molecule has 0 fully saturated rings. The van der Waals surface area contributed by atoms with E-state index in [2.05, 4.69) is 5.32 Å². The standard InChI is InChI=1S/C27H23N3O6/c1-17-5-4-6-19(13-17)35-12-11-29-22-10-9-18(14-23(22)36-16-25(29)32)28-24(31)15-30-26(33)20-7-2-3-8-21(20)27(30)34/h2-10,13-14H,11-12,15-16H2,1H3,(H,28,31). The minimum absolute atomic E-state index is 0.135. The van der Waals surface area contributed by atoms with Crippen LogP contribution in [0.15, 0.2) is 66.7 Å². The molecule has 0 saturated carbocycles. The number of hydrogen-bond donors (Lipinski definition) is 1. The van der Waals surface area contributed by atoms with Gasteiger partial charge in [-0.25, -0.2) is 0 Å². The summed E-state index contributed by atoms with van der Waals surface area (Å²) in [6.45, 7) is 2.06. The van der Waals surface area contributed by atoms with E-state index in [1.165, 1.54) is 0 Å². The van der Waals surface area contributed by atoms with Gasteiger partial charge in [-0.15, -0.1) is 0 Å². The van der Waals surface area contributed by atoms with Gasteiger partial charge in [-0.1, -0.05) is 24.3 Å². The number of carbonyl (C=O) groups is 4. The van der Waals surface area contributed by atoms with Gasteiger partial charge in [0.1, 0.15) is 24.7 Å². The number of hydrogen-bond acceptors (Lipinski definition) is 6. The Balaban J connectivity index is 1.22. The Morgan fingerprint density at radius 1 is 0.944 bits per heavy atom. The van der Waals surface area contributed by atoms with Gasteiger partial charge in [0, 0.05) is 11.8 Å². The molecular weight excluding hydrogens is 462 g/mol. The van der Waals surface area contributed by atoms with Crippen molar-refractivity contribution >= 4 is 35.0 Å². The maximum atomic E-state index is 12.6. The maximum Gasteiger partial charge on any atom is 0.265 e. The first-order chi connectivity index (χ1) is 17.4. The summed E-state index contributed by atoms with van der Waals surface area (Å²) in [5.41, 5.74) is 2.64. The first-order valence-corrected chi connectivity index (χ1v) is 11.4. The second-order valence-corrected chi connectivity index (χ2v) is 8.47. The molecule has 36 heavy (non-hydrogen) atoms. The highest BCUT2D eigenvalue weighted by atomic mass is 16.5. The van der Waals surface area contributed by atoms with Crippen LogP contribution in [0.2, 0.25) is 0 Å². The van der Waals surface area contributed by atoms with Crippen molar-refractivity contribution in [1.82, 2.24) is 4.90 Å². The smallest absolute Gasteiger partial charge is 0.265 e. The number of nitrogens with zero attached hydrogens (tertiary/aromatic N) is 2. The molecule has 2 aliphatic rings. The van der Waals surface area contributed by atoms with Crippen LogP contribution in [0.3, 0.4) is 0 Å². The van der Waals surface area contributed by atoms with Crippen LogP contribution in [0, 0.1) is 6.92 Å². The van der Waals surface area contributed by atoms with Crippen molar-refractivity contribution in [1.29, 1.82) is 0 Å². The third-order valence-corrected chi connectivity index (χ3v) is 5.94. The summed E-state index contributed by atoms with van der Waals surface area (Å²) in [5.74, 6) is -0.559. The number of anilines is 2. The molecule has 0 atom stereocenters. The number of amides is 4. The van der Waals surface area contributed by atoms with Crippen molar-refractivity contribution in [3.63, 3.8) is 0 Å². The van der Waals surface area contributed by atoms with Crippen molar-refractivity contribution in [2.45, 2.75) is 6.92 Å². The molecular formula is C27H23N3O6. The largest absolute Gasteiger partial charge is 0.492 e. The van der Waals surface area contributed by atoms with E-state index in [9.17, 15) is 19.2 Å². The number of carbonyl (C=O) groups excluding carboxylic acids is 4. The topological polar surface area (TPSA) is 105 Å². The van der Waals surface area contributed by atoms with E-state index >= 15 is 0 Å². The number of fused-ring (bicyclic) bond motifs is 2. The average molecular weight is 485 g/mol. The third-order valence-electron chi connectivity index (χ3n) is 5.94. The molecule has 3 aromatic rings. The average Bonchev–Trinajstić information content (AvgIpc) is 3.10. The zero-order valence-corrected chi connectivity index (χ0v) is 19.5. The fraction of sp³-hybridized carbons (Fsp3) is 0.185. The predicted molar refractivity (Wildman–Crippen MR) is 131 cm³/mol. The van der Waals surface area contributed by atoms with E-state index in [-0.39, 0.29) is 23.6 Å². The summed E-state index contributed by atoms with van der Waals surface area (Å²) < 4.78 is 11.4. The second-order valence-electron chi connectivity index (χ2n) is 8.47. The van der Waals surface area contributed by atoms with Gasteiger partial charge >= 0.3 is 0 Å². The van der Waals surface area contributed by atoms with Gasteiger partial charge in [-0.2, -0.15) is 0 Å². The summed E-state index contributed by atoms with van der Waals surface area (Å²) >= 11 is 0. The van der Waals surface area contributed by atoms with E-state index in [1.54, 1.807) is 47.4 Å². The van der Waals surface area contributed by atoms with Crippen molar-refractivity contribution in [3.8, 4) is 11.5 Å². The lowest BCUT2D eigenvalue weighted by atomic mass is 10.1. The molecule has 2 aliphatic heterocycles. The van der Waals surface area contributed by atoms with E-state index in [1.807, 2.05) is 31.2 Å². The number of ether oxygens (including phenoxy) is 2. The van der Waals surface area contributed by atoms with Crippen molar-refractivity contribution in [2.75, 3.05) is 36.5 Å². The van der Waals surface area contributed by atoms with Crippen LogP contribution in [0.5, 0.6) is 11.5 Å². The Hall–Kier alpha value is -4.66. The van der Waals surface area contributed by atoms with Gasteiger partial charge in [0.05, 0.1) is 23.4 Å². The monoisotopic (exact) mass is 485 g/mol. The highest BCUT2D eigenvalue weighted by Gasteiger charge is 2.36. The molecule has 0 spiro atoms. The highest BCUT2D eigenvalue weighted by molar-refractivity contribution is 6.22. The van der Waals surface area contributed by atoms with Gasteiger partial charge < -0.3 is 19.7 Å². The lowest BCUT2D eigenvalue weighted by molar-refractivity contribution is -0.121. The molecule has 0 bridgehead atoms. The van der Waals surface area contributed by atoms with Gasteiger partial charge in [0.25, 0.3) is 17.7 Å². The molecule has 0 unspecified atom stereocenters. The Morgan fingerprint density at radius 2 is 1.69 bits per heavy atom. The van der Waals surface area contributed by atoms with Crippen LogP contribution in [-0.4, -0.2) is 54.8 Å². The number of imide groups is 1. The number of aryl methyl sites for hydroxylation is 1. The molecule has 1 N–H and O–H groups in total. The first kappa shape index (κ1) is 23.1. The minimum Gasteiger partial charge on any atom is -0.492 e. The summed E-state index contributed by atoms with van der Waals surface area (Å²) in [6, 6.07) is 19.1. The zero-order chi connectivity index (χ0) is 25.2. The molecule has 2 heterocycles. The van der Waals surface area contributed by atoms with Crippen molar-refractivity contribution in [3.05, 3.63) is 83.4 Å². The van der Waals surface area contributed by atoms with E-state index in [0.29, 0.717) is 30.3 Å². The SMILES string of the molecule is Cc1cccc(OCCN2C(=O)COc3cc(NC(=O)CN4C(=O)c5ccccc5C4=O)ccc32)c1. The Kier molecular flexibility index (Phi) is 6.12. The maximum absolute atomic E-state index is 12.6. The number of rotatable bonds is 7. The molecule has 3 aromatic carbocycles. The van der Waals surface area contributed by atoms with E-state index in [4.69, 9.17) is 9.47 Å². The number of nitrogens with one attached hydrogen (secondary N) is 1. The molecule has 0 radical (unpaired) electrons. The summed E-state index contributed by atoms with van der Waals surface area (Å²) in [6.07, 6.45) is 0. The normalized spacial score (nSPS) is 14.3. The van der Waals surface area contributed by atoms with Crippen molar-refractivity contribution < 1.29 is 28.7 Å². The third kappa shape index (κ3) is 4.50. The van der Waals surface area contributed by atoms with Gasteiger partial charge in [-0.05, 0) is 48.9 Å². The Bertz CT molecular complexity index is 1350. The van der Waals surface area contributed by atoms with Crippen LogP contribution < -0.4 is 19.7 Å². The zero-order valence-electron chi connectivity index (χ0n) is 19.5. The van der Waals surface area contributed by atoms with Crippen LogP contribution in [0.4, 0.5) is 11.4 Å². The molecule has 0 aromatic heterocycles. The van der Waals surface area contributed by atoms with Crippen LogP contribution in [0.25, 0.3) is 0 Å². The predicted octanol–water partition coefficient (Wildman–Crippen LogP) is 3.03. The fourth-order valence-corrected chi connectivity index (χ4v) is 4.21. The molecule has 0 aliphatic carbocycles. The Morgan fingerprint density at radius 3 is 2.42 bits per heavy atom. The molecule has 0 saturated heterocycles. The van der Waals surface area contributed by atoms with E-state index in [0.717, 1.165) is 16.2 Å². The van der Waals surface area contributed by atoms with Gasteiger partial charge in [0.15, 0.2) is 6.61 Å². The summed E-state index contributed by atoms with van der Waals surface area (Å²) in [7, 11) is 0. The van der Waals surface area contributed by atoms with E-state index < -0.39 is 24.3 Å².